The Morgan fingerprint density at radius 1 is 0.577 bits per heavy atom. The first kappa shape index (κ1) is 17.7. The van der Waals surface area contributed by atoms with E-state index in [2.05, 4.69) is 48.0 Å². The molecule has 2 aliphatic heterocycles. The molecule has 0 aliphatic carbocycles. The van der Waals surface area contributed by atoms with E-state index in [0.717, 1.165) is 32.9 Å². The molecule has 26 heavy (non-hydrogen) atoms. The van der Waals surface area contributed by atoms with Crippen LogP contribution in [0.5, 0.6) is 0 Å². The van der Waals surface area contributed by atoms with E-state index < -0.39 is 19.3 Å². The van der Waals surface area contributed by atoms with Crippen LogP contribution in [0, 0.1) is 0 Å². The van der Waals surface area contributed by atoms with E-state index in [0.29, 0.717) is 0 Å². The Labute approximate surface area is 169 Å². The smallest absolute Gasteiger partial charge is 0.266 e. The molecule has 0 unspecified atom stereocenters. The Bertz CT molecular complexity index is 1200. The fourth-order valence-corrected chi connectivity index (χ4v) is 18.4. The highest BCUT2D eigenvalue weighted by atomic mass is 35.9. The number of anilines is 2. The van der Waals surface area contributed by atoms with Gasteiger partial charge in [-0.15, -0.1) is 0 Å². The average molecular weight is 483 g/mol. The van der Waals surface area contributed by atoms with Gasteiger partial charge < -0.3 is 10.2 Å². The molecular weight excluding hydrogens is 473 g/mol. The monoisotopic (exact) mass is 481 g/mol. The summed E-state index contributed by atoms with van der Waals surface area (Å²) in [5.41, 5.74) is 1.81. The maximum absolute atomic E-state index is 6.30. The van der Waals surface area contributed by atoms with E-state index >= 15 is 0 Å². The molecule has 1 spiro atoms. The third kappa shape index (κ3) is 2.81. The Balaban J connectivity index is 1.89. The van der Waals surface area contributed by atoms with Gasteiger partial charge in [0, 0.05) is 10.8 Å². The van der Waals surface area contributed by atoms with Crippen molar-refractivity contribution >= 4 is 97.2 Å². The lowest BCUT2D eigenvalue weighted by molar-refractivity contribution is 1.70. The topological polar surface area (TPSA) is 61.1 Å². The van der Waals surface area contributed by atoms with Gasteiger partial charge in [0.1, 0.15) is 0 Å². The van der Waals surface area contributed by atoms with E-state index in [4.69, 9.17) is 45.0 Å². The minimum Gasteiger partial charge on any atom is -0.316 e. The molecule has 2 aliphatic rings. The minimum atomic E-state index is -3.01. The number of rotatable bonds is 0. The highest BCUT2D eigenvalue weighted by Crippen LogP contribution is 2.85. The van der Waals surface area contributed by atoms with Crippen LogP contribution in [0.25, 0.3) is 21.5 Å². The largest absolute Gasteiger partial charge is 0.316 e. The van der Waals surface area contributed by atoms with Crippen molar-refractivity contribution in [2.45, 2.75) is 0 Å². The lowest BCUT2D eigenvalue weighted by atomic mass is 9.99. The van der Waals surface area contributed by atoms with Gasteiger partial charge in [0.15, 0.2) is 0 Å². The summed E-state index contributed by atoms with van der Waals surface area (Å²) in [4.78, 5) is 0. The zero-order valence-corrected chi connectivity index (χ0v) is 18.5. The minimum absolute atomic E-state index is 0.906. The number of benzene rings is 3. The second-order valence-corrected chi connectivity index (χ2v) is 18.2. The van der Waals surface area contributed by atoms with Crippen LogP contribution in [0.1, 0.15) is 0 Å². The summed E-state index contributed by atoms with van der Waals surface area (Å²) < 4.78 is 13.1. The number of nitrogens with zero attached hydrogens (tertiary/aromatic N) is 3. The third-order valence-corrected chi connectivity index (χ3v) is 15.6. The van der Waals surface area contributed by atoms with Gasteiger partial charge in [0.25, 0.3) is 19.3 Å². The molecule has 0 fully saturated rings. The van der Waals surface area contributed by atoms with Gasteiger partial charge in [-0.2, -0.15) is 13.5 Å². The standard InChI is InChI=1S/C14H10Cl4N5P3/c15-24(16)21-25(17,18)23-26(22-24)19-13-11-7-3-1-5-9(11)10-6-2-4-8-12(10)14(13)20-26/h1-8,19-20H. The average Bonchev–Trinajstić information content (AvgIpc) is 2.90. The molecule has 12 heteroatoms. The summed E-state index contributed by atoms with van der Waals surface area (Å²) in [5.74, 6) is -6.02. The van der Waals surface area contributed by atoms with Gasteiger partial charge in [-0.05, 0) is 55.7 Å². The highest BCUT2D eigenvalue weighted by Gasteiger charge is 2.39. The normalized spacial score (nSPS) is 21.2. The van der Waals surface area contributed by atoms with Crippen LogP contribution in [0.4, 0.5) is 11.4 Å². The fraction of sp³-hybridized carbons (Fsp3) is 0. The maximum Gasteiger partial charge on any atom is 0.266 e. The van der Waals surface area contributed by atoms with Crippen LogP contribution in [0.3, 0.4) is 0 Å². The van der Waals surface area contributed by atoms with Crippen LogP contribution >= 0.6 is 64.3 Å². The lowest BCUT2D eigenvalue weighted by Gasteiger charge is -2.23. The number of hydrogen-bond acceptors (Lipinski definition) is 5. The lowest BCUT2D eigenvalue weighted by Crippen LogP contribution is -1.94. The molecule has 3 aromatic carbocycles. The number of nitrogens with one attached hydrogen (secondary N) is 2. The van der Waals surface area contributed by atoms with Crippen molar-refractivity contribution in [3.63, 3.8) is 0 Å². The zero-order chi connectivity index (χ0) is 18.2. The second kappa shape index (κ2) is 5.82. The van der Waals surface area contributed by atoms with Crippen molar-refractivity contribution in [2.75, 3.05) is 10.2 Å². The van der Waals surface area contributed by atoms with Crippen molar-refractivity contribution in [3.8, 4) is 0 Å². The molecule has 5 rings (SSSR count). The summed E-state index contributed by atoms with van der Waals surface area (Å²) in [6.45, 7) is 0. The van der Waals surface area contributed by atoms with Crippen molar-refractivity contribution in [1.29, 1.82) is 0 Å². The van der Waals surface area contributed by atoms with Crippen LogP contribution in [-0.4, -0.2) is 0 Å². The number of halogens is 4. The Morgan fingerprint density at radius 2 is 1.00 bits per heavy atom. The van der Waals surface area contributed by atoms with Crippen LogP contribution in [-0.2, 0) is 0 Å². The van der Waals surface area contributed by atoms with Gasteiger partial charge in [0.05, 0.1) is 11.4 Å². The fourth-order valence-electron chi connectivity index (χ4n) is 3.30. The van der Waals surface area contributed by atoms with Gasteiger partial charge in [-0.3, -0.25) is 0 Å². The van der Waals surface area contributed by atoms with Crippen molar-refractivity contribution in [3.05, 3.63) is 48.5 Å². The molecule has 0 saturated heterocycles. The quantitative estimate of drug-likeness (QED) is 0.247. The highest BCUT2D eigenvalue weighted by molar-refractivity contribution is 8.21. The third-order valence-electron chi connectivity index (χ3n) is 4.16. The van der Waals surface area contributed by atoms with Crippen molar-refractivity contribution < 1.29 is 0 Å². The Kier molecular flexibility index (Phi) is 3.96. The summed E-state index contributed by atoms with van der Waals surface area (Å²) in [7, 11) is -2.75. The molecule has 0 radical (unpaired) electrons. The van der Waals surface area contributed by atoms with Gasteiger partial charge >= 0.3 is 0 Å². The molecule has 0 saturated carbocycles. The molecule has 3 aromatic rings. The Morgan fingerprint density at radius 3 is 1.46 bits per heavy atom. The maximum atomic E-state index is 6.30. The summed E-state index contributed by atoms with van der Waals surface area (Å²) in [6, 6.07) is 16.3. The van der Waals surface area contributed by atoms with E-state index in [9.17, 15) is 0 Å². The molecule has 0 atom stereocenters. The summed E-state index contributed by atoms with van der Waals surface area (Å²) in [6.07, 6.45) is 0. The van der Waals surface area contributed by atoms with Crippen molar-refractivity contribution in [1.82, 2.24) is 0 Å². The predicted octanol–water partition coefficient (Wildman–Crippen LogP) is 9.64. The second-order valence-electron chi connectivity index (χ2n) is 5.85. The molecular formula is C14H10Cl4N5P3. The summed E-state index contributed by atoms with van der Waals surface area (Å²) in [5, 5.41) is 11.2. The summed E-state index contributed by atoms with van der Waals surface area (Å²) >= 11 is 25.2. The zero-order valence-electron chi connectivity index (χ0n) is 12.8. The predicted molar refractivity (Wildman–Crippen MR) is 120 cm³/mol. The van der Waals surface area contributed by atoms with E-state index in [1.807, 2.05) is 24.3 Å². The first-order chi connectivity index (χ1) is 12.3. The molecule has 0 amide bonds. The molecule has 134 valence electrons. The first-order valence-electron chi connectivity index (χ1n) is 7.48. The van der Waals surface area contributed by atoms with Crippen LogP contribution < -0.4 is 10.2 Å². The molecule has 5 nitrogen and oxygen atoms in total. The molecule has 0 aromatic heterocycles. The Hall–Kier alpha value is -0.370. The first-order valence-corrected chi connectivity index (χ1v) is 16.2. The van der Waals surface area contributed by atoms with Crippen LogP contribution in [0.2, 0.25) is 0 Å². The van der Waals surface area contributed by atoms with Crippen molar-refractivity contribution in [2.24, 2.45) is 13.5 Å². The SMILES string of the molecule is ClP1(Cl)=NP(Cl)(Cl)=NP2(=N1)Nc1c(c3ccccc3c3ccccc13)N2. The van der Waals surface area contributed by atoms with Gasteiger partial charge in [0.2, 0.25) is 0 Å². The van der Waals surface area contributed by atoms with Crippen LogP contribution in [0.15, 0.2) is 62.1 Å². The molecule has 2 N–H and O–H groups in total. The number of hydrogen-bond donors (Lipinski definition) is 2. The molecule has 0 bridgehead atoms. The van der Waals surface area contributed by atoms with Gasteiger partial charge in [-0.1, -0.05) is 48.5 Å². The van der Waals surface area contributed by atoms with E-state index in [1.54, 1.807) is 0 Å². The van der Waals surface area contributed by atoms with E-state index in [-0.39, 0.29) is 0 Å². The van der Waals surface area contributed by atoms with E-state index in [1.165, 1.54) is 0 Å². The van der Waals surface area contributed by atoms with Gasteiger partial charge in [-0.25, -0.2) is 0 Å². The number of fused-ring (bicyclic) bond motifs is 6. The molecule has 2 heterocycles.